The standard InChI is InChI=1S/C33H40N4O5/c1-4-40-28-17-14-24(21-29(28)41-5-2)32-26-10-6-7-11-27(26)33(39)37(36-32)18-8-9-19-42-25-15-12-23(13-16-25)31-22(3)20-30(38)34-35-31/h6-7,12-17,21-22,26-27H,4-5,8-11,18-20H2,1-3H3,(H,34,38)/t22?,26-,27+/m0/s1. The fraction of sp³-hybridized carbons (Fsp3) is 0.455. The van der Waals surface area contributed by atoms with Crippen LogP contribution in [0.2, 0.25) is 0 Å². The monoisotopic (exact) mass is 572 g/mol. The SMILES string of the molecule is CCOc1ccc(C2=NN(CCCCOc3ccc(C4=NNC(=O)CC4C)cc3)C(=O)[C@@H]3CC=CC[C@H]23)cc1OCC. The number of ether oxygens (including phenoxy) is 3. The molecule has 222 valence electrons. The van der Waals surface area contributed by atoms with Crippen LogP contribution in [-0.4, -0.2) is 54.6 Å². The van der Waals surface area contributed by atoms with E-state index in [9.17, 15) is 9.59 Å². The van der Waals surface area contributed by atoms with Gasteiger partial charge in [0.05, 0.1) is 37.2 Å². The first-order valence-electron chi connectivity index (χ1n) is 15.0. The van der Waals surface area contributed by atoms with E-state index in [1.54, 1.807) is 5.01 Å². The molecule has 9 heteroatoms. The van der Waals surface area contributed by atoms with Crippen LogP contribution in [0.4, 0.5) is 0 Å². The Labute approximate surface area is 247 Å². The Kier molecular flexibility index (Phi) is 9.56. The molecule has 1 aliphatic carbocycles. The molecule has 0 aromatic heterocycles. The molecule has 2 heterocycles. The maximum atomic E-state index is 13.4. The number of nitrogens with one attached hydrogen (secondary N) is 1. The van der Waals surface area contributed by atoms with Crippen molar-refractivity contribution in [2.75, 3.05) is 26.4 Å². The highest BCUT2D eigenvalue weighted by molar-refractivity contribution is 6.07. The Balaban J connectivity index is 1.20. The molecule has 3 aliphatic rings. The van der Waals surface area contributed by atoms with Crippen molar-refractivity contribution in [1.82, 2.24) is 10.4 Å². The number of fused-ring (bicyclic) bond motifs is 1. The summed E-state index contributed by atoms with van der Waals surface area (Å²) in [5.74, 6) is 2.25. The summed E-state index contributed by atoms with van der Waals surface area (Å²) in [6.07, 6.45) is 7.80. The van der Waals surface area contributed by atoms with Gasteiger partial charge >= 0.3 is 0 Å². The lowest BCUT2D eigenvalue weighted by molar-refractivity contribution is -0.138. The van der Waals surface area contributed by atoms with E-state index in [1.807, 2.05) is 63.2 Å². The highest BCUT2D eigenvalue weighted by atomic mass is 16.5. The predicted octanol–water partition coefficient (Wildman–Crippen LogP) is 5.33. The van der Waals surface area contributed by atoms with Gasteiger partial charge in [0.1, 0.15) is 5.75 Å². The third-order valence-electron chi connectivity index (χ3n) is 7.87. The van der Waals surface area contributed by atoms with Gasteiger partial charge < -0.3 is 14.2 Å². The Morgan fingerprint density at radius 3 is 2.31 bits per heavy atom. The number of rotatable bonds is 12. The van der Waals surface area contributed by atoms with Crippen molar-refractivity contribution in [3.8, 4) is 17.2 Å². The molecule has 2 amide bonds. The van der Waals surface area contributed by atoms with Gasteiger partial charge in [0.15, 0.2) is 11.5 Å². The fourth-order valence-electron chi connectivity index (χ4n) is 5.75. The van der Waals surface area contributed by atoms with Crippen molar-refractivity contribution in [2.24, 2.45) is 28.0 Å². The summed E-state index contributed by atoms with van der Waals surface area (Å²) in [6.45, 7) is 8.08. The first kappa shape index (κ1) is 29.4. The van der Waals surface area contributed by atoms with E-state index in [0.29, 0.717) is 44.3 Å². The number of carbonyl (C=O) groups is 2. The van der Waals surface area contributed by atoms with E-state index < -0.39 is 0 Å². The summed E-state index contributed by atoms with van der Waals surface area (Å²) < 4.78 is 17.6. The molecule has 0 bridgehead atoms. The van der Waals surface area contributed by atoms with Gasteiger partial charge in [-0.15, -0.1) is 0 Å². The van der Waals surface area contributed by atoms with Gasteiger partial charge in [0, 0.05) is 30.4 Å². The largest absolute Gasteiger partial charge is 0.494 e. The summed E-state index contributed by atoms with van der Waals surface area (Å²) in [4.78, 5) is 24.9. The molecule has 42 heavy (non-hydrogen) atoms. The third-order valence-corrected chi connectivity index (χ3v) is 7.87. The van der Waals surface area contributed by atoms with Crippen molar-refractivity contribution < 1.29 is 23.8 Å². The van der Waals surface area contributed by atoms with Crippen LogP contribution in [0.5, 0.6) is 17.2 Å². The predicted molar refractivity (Wildman–Crippen MR) is 162 cm³/mol. The van der Waals surface area contributed by atoms with Crippen LogP contribution >= 0.6 is 0 Å². The van der Waals surface area contributed by atoms with Gasteiger partial charge in [-0.1, -0.05) is 19.1 Å². The minimum atomic E-state index is -0.107. The Morgan fingerprint density at radius 2 is 1.57 bits per heavy atom. The number of carbonyl (C=O) groups excluding carboxylic acids is 2. The lowest BCUT2D eigenvalue weighted by Gasteiger charge is -2.37. The van der Waals surface area contributed by atoms with E-state index >= 15 is 0 Å². The van der Waals surface area contributed by atoms with Crippen molar-refractivity contribution in [1.29, 1.82) is 0 Å². The second-order valence-electron chi connectivity index (χ2n) is 10.8. The maximum Gasteiger partial charge on any atom is 0.246 e. The van der Waals surface area contributed by atoms with E-state index in [1.165, 1.54) is 0 Å². The summed E-state index contributed by atoms with van der Waals surface area (Å²) in [6, 6.07) is 13.7. The summed E-state index contributed by atoms with van der Waals surface area (Å²) in [5.41, 5.74) is 6.31. The quantitative estimate of drug-likeness (QED) is 0.274. The van der Waals surface area contributed by atoms with Gasteiger partial charge in [0.25, 0.3) is 0 Å². The average molecular weight is 573 g/mol. The fourth-order valence-corrected chi connectivity index (χ4v) is 5.75. The number of amides is 2. The lowest BCUT2D eigenvalue weighted by Crippen LogP contribution is -2.45. The molecule has 3 atom stereocenters. The molecule has 0 spiro atoms. The maximum absolute atomic E-state index is 13.4. The zero-order chi connectivity index (χ0) is 29.5. The van der Waals surface area contributed by atoms with E-state index in [0.717, 1.165) is 54.0 Å². The smallest absolute Gasteiger partial charge is 0.246 e. The molecule has 0 fully saturated rings. The van der Waals surface area contributed by atoms with E-state index in [-0.39, 0.29) is 29.6 Å². The zero-order valence-electron chi connectivity index (χ0n) is 24.7. The minimum Gasteiger partial charge on any atom is -0.494 e. The molecular formula is C33H40N4O5. The molecule has 2 aromatic rings. The van der Waals surface area contributed by atoms with Crippen LogP contribution in [0.1, 0.15) is 64.0 Å². The van der Waals surface area contributed by atoms with Crippen molar-refractivity contribution in [3.63, 3.8) is 0 Å². The summed E-state index contributed by atoms with van der Waals surface area (Å²) in [5, 5.41) is 10.8. The van der Waals surface area contributed by atoms with Crippen LogP contribution < -0.4 is 19.6 Å². The van der Waals surface area contributed by atoms with Gasteiger partial charge in [-0.05, 0) is 87.6 Å². The minimum absolute atomic E-state index is 0.0521. The molecule has 0 saturated heterocycles. The summed E-state index contributed by atoms with van der Waals surface area (Å²) >= 11 is 0. The van der Waals surface area contributed by atoms with Crippen molar-refractivity contribution in [3.05, 3.63) is 65.7 Å². The van der Waals surface area contributed by atoms with Gasteiger partial charge in [0.2, 0.25) is 11.8 Å². The van der Waals surface area contributed by atoms with Crippen LogP contribution in [0.25, 0.3) is 0 Å². The normalized spacial score (nSPS) is 21.7. The number of hydrazone groups is 2. The molecule has 0 radical (unpaired) electrons. The van der Waals surface area contributed by atoms with Crippen LogP contribution in [-0.2, 0) is 9.59 Å². The van der Waals surface area contributed by atoms with Crippen molar-refractivity contribution in [2.45, 2.75) is 52.9 Å². The Hall–Kier alpha value is -4.14. The van der Waals surface area contributed by atoms with Gasteiger partial charge in [-0.2, -0.15) is 10.2 Å². The van der Waals surface area contributed by atoms with Gasteiger partial charge in [-0.3, -0.25) is 9.59 Å². The number of nitrogens with zero attached hydrogens (tertiary/aromatic N) is 3. The third kappa shape index (κ3) is 6.66. The topological polar surface area (TPSA) is 102 Å². The molecule has 0 saturated carbocycles. The molecule has 2 aromatic carbocycles. The number of hydrogen-bond acceptors (Lipinski definition) is 7. The Bertz CT molecular complexity index is 1370. The van der Waals surface area contributed by atoms with E-state index in [4.69, 9.17) is 19.3 Å². The first-order chi connectivity index (χ1) is 20.5. The number of benzene rings is 2. The number of unbranched alkanes of at least 4 members (excludes halogenated alkanes) is 1. The second kappa shape index (κ2) is 13.7. The number of hydrogen-bond donors (Lipinski definition) is 1. The second-order valence-corrected chi connectivity index (χ2v) is 10.8. The Morgan fingerprint density at radius 1 is 0.857 bits per heavy atom. The lowest BCUT2D eigenvalue weighted by atomic mass is 9.76. The zero-order valence-corrected chi connectivity index (χ0v) is 24.7. The highest BCUT2D eigenvalue weighted by Gasteiger charge is 2.40. The molecule has 5 rings (SSSR count). The van der Waals surface area contributed by atoms with Crippen molar-refractivity contribution >= 4 is 23.2 Å². The first-order valence-corrected chi connectivity index (χ1v) is 15.0. The number of allylic oxidation sites excluding steroid dienone is 2. The summed E-state index contributed by atoms with van der Waals surface area (Å²) in [7, 11) is 0. The molecule has 9 nitrogen and oxygen atoms in total. The highest BCUT2D eigenvalue weighted by Crippen LogP contribution is 2.37. The van der Waals surface area contributed by atoms with Crippen LogP contribution in [0, 0.1) is 17.8 Å². The van der Waals surface area contributed by atoms with E-state index in [2.05, 4.69) is 22.7 Å². The van der Waals surface area contributed by atoms with Crippen LogP contribution in [0.15, 0.2) is 64.8 Å². The van der Waals surface area contributed by atoms with Crippen LogP contribution in [0.3, 0.4) is 0 Å². The molecule has 1 N–H and O–H groups in total. The van der Waals surface area contributed by atoms with Gasteiger partial charge in [-0.25, -0.2) is 10.4 Å². The average Bonchev–Trinajstić information content (AvgIpc) is 3.00. The molecular weight excluding hydrogens is 532 g/mol. The molecule has 1 unspecified atom stereocenters. The molecule has 2 aliphatic heterocycles.